The van der Waals surface area contributed by atoms with E-state index in [-0.39, 0.29) is 31.4 Å². The molecule has 2 rings (SSSR count). The van der Waals surface area contributed by atoms with Crippen LogP contribution < -0.4 is 21.7 Å². The van der Waals surface area contributed by atoms with Crippen LogP contribution in [0.3, 0.4) is 0 Å². The van der Waals surface area contributed by atoms with Crippen LogP contribution in [-0.2, 0) is 25.7 Å². The van der Waals surface area contributed by atoms with Crippen molar-refractivity contribution in [3.05, 3.63) is 35.9 Å². The molecule has 3 atom stereocenters. The van der Waals surface area contributed by atoms with Crippen molar-refractivity contribution in [1.29, 1.82) is 5.41 Å². The highest BCUT2D eigenvalue weighted by Crippen LogP contribution is 2.21. The van der Waals surface area contributed by atoms with Gasteiger partial charge in [0.05, 0.1) is 6.04 Å². The highest BCUT2D eigenvalue weighted by molar-refractivity contribution is 5.95. The molecule has 1 aliphatic heterocycles. The summed E-state index contributed by atoms with van der Waals surface area (Å²) in [5.41, 5.74) is 6.03. The maximum absolute atomic E-state index is 13.4. The standard InChI is InChI=1S/C25H37FN6O5/c1-16(2)21(31-25(36)37-15-17-8-4-3-5-9-17)23(35)32-13-7-11-19(32)22(34)30-18(20(33)14-26)10-6-12-29-24(27)28/h3-5,8-9,16,18-19,21H,6-7,10-15H2,1-2H3,(H,30,34)(H,31,36)(H4,27,28,29)/t18-,19+,21?/m1/s1. The third-order valence-corrected chi connectivity index (χ3v) is 6.08. The number of rotatable bonds is 13. The molecule has 12 heteroatoms. The third kappa shape index (κ3) is 9.36. The lowest BCUT2D eigenvalue weighted by Crippen LogP contribution is -2.56. The van der Waals surface area contributed by atoms with Gasteiger partial charge < -0.3 is 31.3 Å². The van der Waals surface area contributed by atoms with Crippen LogP contribution in [-0.4, -0.2) is 72.4 Å². The monoisotopic (exact) mass is 520 g/mol. The lowest BCUT2D eigenvalue weighted by atomic mass is 10.0. The molecule has 0 bridgehead atoms. The number of ketones is 1. The third-order valence-electron chi connectivity index (χ3n) is 6.08. The highest BCUT2D eigenvalue weighted by Gasteiger charge is 2.39. The summed E-state index contributed by atoms with van der Waals surface area (Å²) in [5, 5.41) is 14.9. The number of carbonyl (C=O) groups is 4. The van der Waals surface area contributed by atoms with Gasteiger partial charge in [-0.25, -0.2) is 9.18 Å². The number of halogens is 1. The minimum atomic E-state index is -1.23. The molecule has 3 amide bonds. The van der Waals surface area contributed by atoms with Crippen LogP contribution in [0.5, 0.6) is 0 Å². The van der Waals surface area contributed by atoms with Gasteiger partial charge in [-0.05, 0) is 37.2 Å². The average molecular weight is 521 g/mol. The first-order valence-electron chi connectivity index (χ1n) is 12.4. The van der Waals surface area contributed by atoms with Gasteiger partial charge in [0, 0.05) is 13.1 Å². The van der Waals surface area contributed by atoms with Crippen LogP contribution >= 0.6 is 0 Å². The van der Waals surface area contributed by atoms with E-state index >= 15 is 0 Å². The number of nitrogens with two attached hydrogens (primary N) is 1. The molecule has 0 saturated carbocycles. The predicted octanol–water partition coefficient (Wildman–Crippen LogP) is 1.22. The maximum atomic E-state index is 13.4. The van der Waals surface area contributed by atoms with E-state index in [9.17, 15) is 23.6 Å². The number of amides is 3. The number of hydrogen-bond acceptors (Lipinski definition) is 6. The van der Waals surface area contributed by atoms with Gasteiger partial charge >= 0.3 is 6.09 Å². The lowest BCUT2D eigenvalue weighted by Gasteiger charge is -2.31. The van der Waals surface area contributed by atoms with Gasteiger partial charge in [-0.2, -0.15) is 0 Å². The van der Waals surface area contributed by atoms with E-state index in [1.165, 1.54) is 4.90 Å². The summed E-state index contributed by atoms with van der Waals surface area (Å²) in [6.45, 7) is 2.96. The zero-order valence-electron chi connectivity index (χ0n) is 21.3. The van der Waals surface area contributed by atoms with Crippen molar-refractivity contribution in [1.82, 2.24) is 20.9 Å². The van der Waals surface area contributed by atoms with Gasteiger partial charge in [-0.3, -0.25) is 19.8 Å². The SMILES string of the molecule is CC(C)C(NC(=O)OCc1ccccc1)C(=O)N1CCC[C@H]1C(=O)N[C@H](CCCNC(=N)N)C(=O)CF. The molecule has 0 aliphatic carbocycles. The van der Waals surface area contributed by atoms with Gasteiger partial charge in [0.2, 0.25) is 11.8 Å². The fraction of sp³-hybridized carbons (Fsp3) is 0.560. The van der Waals surface area contributed by atoms with Crippen molar-refractivity contribution < 1.29 is 28.3 Å². The second-order valence-electron chi connectivity index (χ2n) is 9.26. The number of guanidine groups is 1. The lowest BCUT2D eigenvalue weighted by molar-refractivity contribution is -0.141. The Morgan fingerprint density at radius 1 is 1.19 bits per heavy atom. The van der Waals surface area contributed by atoms with Crippen molar-refractivity contribution in [3.63, 3.8) is 0 Å². The molecule has 1 unspecified atom stereocenters. The van der Waals surface area contributed by atoms with Crippen molar-refractivity contribution >= 4 is 29.7 Å². The average Bonchev–Trinajstić information content (AvgIpc) is 3.37. The van der Waals surface area contributed by atoms with E-state index in [1.807, 2.05) is 30.3 Å². The molecule has 1 aromatic rings. The van der Waals surface area contributed by atoms with Crippen molar-refractivity contribution in [3.8, 4) is 0 Å². The van der Waals surface area contributed by atoms with Gasteiger partial charge in [0.1, 0.15) is 25.4 Å². The Labute approximate surface area is 216 Å². The Kier molecular flexibility index (Phi) is 11.8. The Morgan fingerprint density at radius 2 is 1.89 bits per heavy atom. The van der Waals surface area contributed by atoms with E-state index in [1.54, 1.807) is 13.8 Å². The minimum Gasteiger partial charge on any atom is -0.445 e. The zero-order valence-corrected chi connectivity index (χ0v) is 21.3. The second kappa shape index (κ2) is 14.8. The van der Waals surface area contributed by atoms with Crippen LogP contribution in [0.15, 0.2) is 30.3 Å². The number of hydrogen-bond donors (Lipinski definition) is 5. The van der Waals surface area contributed by atoms with E-state index < -0.39 is 48.5 Å². The quantitative estimate of drug-likeness (QED) is 0.148. The van der Waals surface area contributed by atoms with Crippen molar-refractivity contribution in [2.75, 3.05) is 19.8 Å². The van der Waals surface area contributed by atoms with Crippen LogP contribution in [0.25, 0.3) is 0 Å². The van der Waals surface area contributed by atoms with Gasteiger partial charge in [-0.15, -0.1) is 0 Å². The fourth-order valence-electron chi connectivity index (χ4n) is 4.09. The molecular weight excluding hydrogens is 483 g/mol. The van der Waals surface area contributed by atoms with Crippen LogP contribution in [0.1, 0.15) is 45.1 Å². The van der Waals surface area contributed by atoms with E-state index in [4.69, 9.17) is 15.9 Å². The Hall–Kier alpha value is -3.70. The number of alkyl halides is 1. The van der Waals surface area contributed by atoms with Gasteiger partial charge in [0.25, 0.3) is 0 Å². The summed E-state index contributed by atoms with van der Waals surface area (Å²) in [7, 11) is 0. The highest BCUT2D eigenvalue weighted by atomic mass is 19.1. The number of alkyl carbamates (subject to hydrolysis) is 1. The normalized spacial score (nSPS) is 16.5. The van der Waals surface area contributed by atoms with E-state index in [0.29, 0.717) is 25.8 Å². The largest absolute Gasteiger partial charge is 0.445 e. The maximum Gasteiger partial charge on any atom is 0.408 e. The summed E-state index contributed by atoms with van der Waals surface area (Å²) in [6.07, 6.45) is 0.719. The summed E-state index contributed by atoms with van der Waals surface area (Å²) in [5.74, 6) is -2.25. The van der Waals surface area contributed by atoms with Crippen molar-refractivity contribution in [2.24, 2.45) is 11.7 Å². The molecule has 1 fully saturated rings. The molecule has 0 aromatic heterocycles. The van der Waals surface area contributed by atoms with Crippen LogP contribution in [0, 0.1) is 11.3 Å². The molecular formula is C25H37FN6O5. The van der Waals surface area contributed by atoms with Gasteiger partial charge in [-0.1, -0.05) is 44.2 Å². The smallest absolute Gasteiger partial charge is 0.408 e. The molecule has 204 valence electrons. The molecule has 1 aromatic carbocycles. The van der Waals surface area contributed by atoms with Crippen LogP contribution in [0.4, 0.5) is 9.18 Å². The number of carbonyl (C=O) groups excluding carboxylic acids is 4. The number of nitrogens with zero attached hydrogens (tertiary/aromatic N) is 1. The second-order valence-corrected chi connectivity index (χ2v) is 9.26. The summed E-state index contributed by atoms with van der Waals surface area (Å²) < 4.78 is 18.4. The zero-order chi connectivity index (χ0) is 27.4. The number of ether oxygens (including phenoxy) is 1. The molecule has 1 aliphatic rings. The van der Waals surface area contributed by atoms with Gasteiger partial charge in [0.15, 0.2) is 11.7 Å². The molecule has 37 heavy (non-hydrogen) atoms. The summed E-state index contributed by atoms with van der Waals surface area (Å²) in [4.78, 5) is 52.3. The van der Waals surface area contributed by atoms with E-state index in [2.05, 4.69) is 16.0 Å². The number of Topliss-reactive ketones (excluding diaryl/α,β-unsaturated/α-hetero) is 1. The first kappa shape index (κ1) is 29.5. The topological polar surface area (TPSA) is 167 Å². The number of nitrogens with one attached hydrogen (secondary N) is 4. The first-order chi connectivity index (χ1) is 17.6. The number of benzene rings is 1. The first-order valence-corrected chi connectivity index (χ1v) is 12.4. The minimum absolute atomic E-state index is 0.0480. The van der Waals surface area contributed by atoms with Crippen molar-refractivity contribution in [2.45, 2.75) is 64.3 Å². The molecule has 0 spiro atoms. The number of likely N-dealkylation sites (tertiary alicyclic amines) is 1. The predicted molar refractivity (Wildman–Crippen MR) is 135 cm³/mol. The Balaban J connectivity index is 2.00. The summed E-state index contributed by atoms with van der Waals surface area (Å²) >= 11 is 0. The fourth-order valence-corrected chi connectivity index (χ4v) is 4.09. The Morgan fingerprint density at radius 3 is 2.51 bits per heavy atom. The summed E-state index contributed by atoms with van der Waals surface area (Å²) in [6, 6.07) is 6.30. The molecule has 11 nitrogen and oxygen atoms in total. The molecule has 6 N–H and O–H groups in total. The Bertz CT molecular complexity index is 945. The van der Waals surface area contributed by atoms with E-state index in [0.717, 1.165) is 5.56 Å². The molecule has 0 radical (unpaired) electrons. The molecule has 1 saturated heterocycles. The van der Waals surface area contributed by atoms with Crippen LogP contribution in [0.2, 0.25) is 0 Å². The molecule has 1 heterocycles.